The molecule has 0 heterocycles. The molecule has 0 fully saturated rings. The minimum absolute atomic E-state index is 0. The average Bonchev–Trinajstić information content (AvgIpc) is 2.59. The van der Waals surface area contributed by atoms with Crippen molar-refractivity contribution in [1.29, 1.82) is 0 Å². The van der Waals surface area contributed by atoms with Gasteiger partial charge in [-0.1, -0.05) is 0 Å². The van der Waals surface area contributed by atoms with Crippen LogP contribution in [0.2, 0.25) is 0 Å². The summed E-state index contributed by atoms with van der Waals surface area (Å²) in [5, 5.41) is -1.83. The maximum Gasteiger partial charge on any atom is 0.207 e. The molecule has 1 aromatic rings. The molecule has 0 N–H and O–H groups in total. The summed E-state index contributed by atoms with van der Waals surface area (Å²) >= 11 is 0. The Hall–Kier alpha value is -1.84. The summed E-state index contributed by atoms with van der Waals surface area (Å²) in [5.74, 6) is -7.13. The van der Waals surface area contributed by atoms with Crippen LogP contribution < -0.4 is 5.30 Å². The van der Waals surface area contributed by atoms with E-state index in [0.717, 1.165) is 6.08 Å². The van der Waals surface area contributed by atoms with E-state index in [0.29, 0.717) is 6.08 Å². The van der Waals surface area contributed by atoms with Crippen LogP contribution >= 0.6 is 7.26 Å². The van der Waals surface area contributed by atoms with Crippen LogP contribution in [0, 0.1) is 29.1 Å². The molecule has 3 nitrogen and oxygen atoms in total. The largest absolute Gasteiger partial charge is 0.234 e. The number of halogens is 5. The first-order chi connectivity index (χ1) is 11.3. The molecule has 10 heteroatoms. The summed E-state index contributed by atoms with van der Waals surface area (Å²) in [4.78, 5) is 32.2. The van der Waals surface area contributed by atoms with Crippen LogP contribution in [0.25, 0.3) is 0 Å². The zero-order valence-corrected chi connectivity index (χ0v) is 14.4. The van der Waals surface area contributed by atoms with Gasteiger partial charge in [0.25, 0.3) is 0 Å². The van der Waals surface area contributed by atoms with E-state index in [1.165, 1.54) is 24.7 Å². The average molecular weight is 422 g/mol. The van der Waals surface area contributed by atoms with Gasteiger partial charge in [0.2, 0.25) is 29.1 Å². The molecule has 0 aliphatic heterocycles. The number of carbonyl (C=O) groups excluding carboxylic acids is 3. The van der Waals surface area contributed by atoms with Gasteiger partial charge >= 0.3 is 0 Å². The molecular formula is C15H9CoF5O3P+. The molecule has 1 atom stereocenters. The van der Waals surface area contributed by atoms with Crippen LogP contribution in [-0.4, -0.2) is 30.1 Å². The Bertz CT molecular complexity index is 796. The summed E-state index contributed by atoms with van der Waals surface area (Å²) < 4.78 is 68.6. The van der Waals surface area contributed by atoms with Gasteiger partial charge in [0, 0.05) is 22.9 Å². The predicted octanol–water partition coefficient (Wildman–Crippen LogP) is 2.53. The number of benzene rings is 1. The molecule has 25 heavy (non-hydrogen) atoms. The number of hydrogen-bond acceptors (Lipinski definition) is 3. The Balaban J connectivity index is 0.00000576. The van der Waals surface area contributed by atoms with Gasteiger partial charge in [-0.25, -0.2) is 27.6 Å². The Kier molecular flexibility index (Phi) is 8.88. The van der Waals surface area contributed by atoms with Gasteiger partial charge in [0.15, 0.2) is 16.6 Å². The normalized spacial score (nSPS) is 11.9. The topological polar surface area (TPSA) is 51.2 Å². The second-order valence-electron chi connectivity index (χ2n) is 4.46. The second kappa shape index (κ2) is 9.59. The third kappa shape index (κ3) is 4.05. The van der Waals surface area contributed by atoms with Gasteiger partial charge in [-0.05, 0) is 6.92 Å². The number of hydrogen-bond donors (Lipinski definition) is 0. The van der Waals surface area contributed by atoms with Crippen LogP contribution in [0.15, 0.2) is 17.5 Å². The van der Waals surface area contributed by atoms with Gasteiger partial charge in [0.1, 0.15) is 19.1 Å². The van der Waals surface area contributed by atoms with E-state index in [1.807, 2.05) is 0 Å². The van der Waals surface area contributed by atoms with Gasteiger partial charge in [-0.15, -0.1) is 0 Å². The molecule has 1 radical (unpaired) electrons. The Labute approximate surface area is 149 Å². The SMILES string of the molecule is CC[P+](CC=C=O)(C(=C=O)C=C=O)c1c(F)c(F)c(F)c(F)c1F.[Co]. The van der Waals surface area contributed by atoms with Gasteiger partial charge in [-0.2, -0.15) is 8.78 Å². The molecule has 135 valence electrons. The van der Waals surface area contributed by atoms with Crippen LogP contribution in [-0.2, 0) is 31.2 Å². The predicted molar refractivity (Wildman–Crippen MR) is 77.9 cm³/mol. The van der Waals surface area contributed by atoms with Crippen molar-refractivity contribution in [3.05, 3.63) is 46.6 Å². The van der Waals surface area contributed by atoms with Crippen molar-refractivity contribution in [2.75, 3.05) is 12.3 Å². The quantitative estimate of drug-likeness (QED) is 0.177. The fourth-order valence-electron chi connectivity index (χ4n) is 2.23. The fourth-order valence-corrected chi connectivity index (χ4v) is 5.57. The van der Waals surface area contributed by atoms with E-state index in [9.17, 15) is 36.3 Å². The van der Waals surface area contributed by atoms with Crippen LogP contribution in [0.1, 0.15) is 6.92 Å². The van der Waals surface area contributed by atoms with E-state index in [4.69, 9.17) is 0 Å². The summed E-state index contributed by atoms with van der Waals surface area (Å²) in [6, 6.07) is 0. The standard InChI is InChI=1S/C15H9F5O3P.Co/c1-2-24(7-3-5-21,9(8-23)4-6-22)15-13(19)11(17)10(16)12(18)14(15)20;/h3-4H,2,7H2,1H3;/q+1;. The van der Waals surface area contributed by atoms with Gasteiger partial charge in [-0.3, -0.25) is 0 Å². The van der Waals surface area contributed by atoms with Crippen molar-refractivity contribution < 1.29 is 53.1 Å². The van der Waals surface area contributed by atoms with Crippen molar-refractivity contribution in [2.24, 2.45) is 0 Å². The third-order valence-corrected chi connectivity index (χ3v) is 7.68. The fraction of sp³-hybridized carbons (Fsp3) is 0.200. The Morgan fingerprint density at radius 3 is 1.76 bits per heavy atom. The maximum absolute atomic E-state index is 14.2. The molecule has 0 bridgehead atoms. The smallest absolute Gasteiger partial charge is 0.207 e. The summed E-state index contributed by atoms with van der Waals surface area (Å²) in [6.45, 7) is 1.32. The molecule has 0 aliphatic carbocycles. The van der Waals surface area contributed by atoms with Crippen molar-refractivity contribution in [3.63, 3.8) is 0 Å². The summed E-state index contributed by atoms with van der Waals surface area (Å²) in [5.41, 5.74) is 0. The molecule has 0 amide bonds. The molecular weight excluding hydrogens is 413 g/mol. The molecule has 0 saturated carbocycles. The first-order valence-electron chi connectivity index (χ1n) is 6.37. The molecule has 0 spiro atoms. The molecule has 0 saturated heterocycles. The Morgan fingerprint density at radius 2 is 1.40 bits per heavy atom. The van der Waals surface area contributed by atoms with Crippen molar-refractivity contribution in [1.82, 2.24) is 0 Å². The number of rotatable bonds is 6. The minimum Gasteiger partial charge on any atom is -0.234 e. The number of allylic oxidation sites excluding steroid dienone is 3. The molecule has 1 rings (SSSR count). The Morgan fingerprint density at radius 1 is 0.920 bits per heavy atom. The first kappa shape index (κ1) is 23.2. The van der Waals surface area contributed by atoms with E-state index < -0.39 is 53.1 Å². The molecule has 0 aromatic heterocycles. The van der Waals surface area contributed by atoms with E-state index in [1.54, 1.807) is 0 Å². The van der Waals surface area contributed by atoms with E-state index in [-0.39, 0.29) is 22.9 Å². The zero-order valence-electron chi connectivity index (χ0n) is 12.5. The van der Waals surface area contributed by atoms with Gasteiger partial charge < -0.3 is 0 Å². The first-order valence-corrected chi connectivity index (χ1v) is 8.53. The van der Waals surface area contributed by atoms with Crippen molar-refractivity contribution in [2.45, 2.75) is 6.92 Å². The summed E-state index contributed by atoms with van der Waals surface area (Å²) in [6.07, 6.45) is 0.465. The minimum atomic E-state index is -3.66. The monoisotopic (exact) mass is 422 g/mol. The van der Waals surface area contributed by atoms with E-state index >= 15 is 0 Å². The second-order valence-corrected chi connectivity index (χ2v) is 8.32. The maximum atomic E-state index is 14.2. The van der Waals surface area contributed by atoms with Crippen LogP contribution in [0.4, 0.5) is 22.0 Å². The summed E-state index contributed by atoms with van der Waals surface area (Å²) in [7, 11) is -3.66. The molecule has 1 aromatic carbocycles. The van der Waals surface area contributed by atoms with Crippen molar-refractivity contribution >= 4 is 30.4 Å². The van der Waals surface area contributed by atoms with Crippen LogP contribution in [0.3, 0.4) is 0 Å². The molecule has 0 aliphatic rings. The third-order valence-electron chi connectivity index (χ3n) is 3.40. The van der Waals surface area contributed by atoms with Crippen molar-refractivity contribution in [3.8, 4) is 0 Å². The van der Waals surface area contributed by atoms with Crippen LogP contribution in [0.5, 0.6) is 0 Å². The molecule has 1 unspecified atom stereocenters. The van der Waals surface area contributed by atoms with E-state index in [2.05, 4.69) is 0 Å². The zero-order chi connectivity index (χ0) is 18.5. The van der Waals surface area contributed by atoms with Gasteiger partial charge in [0.05, 0.1) is 18.4 Å².